The third-order valence-electron chi connectivity index (χ3n) is 3.87. The summed E-state index contributed by atoms with van der Waals surface area (Å²) in [6, 6.07) is 2.11. The van der Waals surface area contributed by atoms with E-state index in [0.29, 0.717) is 12.0 Å². The molecule has 0 aliphatic carbocycles. The maximum absolute atomic E-state index is 11.4. The first-order valence-electron chi connectivity index (χ1n) is 7.23. The molecule has 0 radical (unpaired) electrons. The summed E-state index contributed by atoms with van der Waals surface area (Å²) in [5, 5.41) is 3.57. The van der Waals surface area contributed by atoms with Gasteiger partial charge in [0.2, 0.25) is 0 Å². The average molecular weight is 264 g/mol. The van der Waals surface area contributed by atoms with Crippen LogP contribution in [0.5, 0.6) is 0 Å². The van der Waals surface area contributed by atoms with Gasteiger partial charge in [0.25, 0.3) is 5.56 Å². The molecule has 0 spiro atoms. The van der Waals surface area contributed by atoms with Gasteiger partial charge >= 0.3 is 0 Å². The maximum Gasteiger partial charge on any atom is 0.252 e. The molecule has 5 nitrogen and oxygen atoms in total. The first-order valence-corrected chi connectivity index (χ1v) is 7.23. The number of nitrogens with one attached hydrogen (secondary N) is 2. The summed E-state index contributed by atoms with van der Waals surface area (Å²) in [4.78, 5) is 20.4. The van der Waals surface area contributed by atoms with Crippen molar-refractivity contribution in [2.24, 2.45) is 5.92 Å². The lowest BCUT2D eigenvalue weighted by Crippen LogP contribution is -2.45. The molecule has 2 rings (SSSR count). The van der Waals surface area contributed by atoms with Crippen molar-refractivity contribution >= 4 is 5.82 Å². The van der Waals surface area contributed by atoms with Crippen molar-refractivity contribution in [1.82, 2.24) is 15.3 Å². The smallest absolute Gasteiger partial charge is 0.252 e. The van der Waals surface area contributed by atoms with Crippen molar-refractivity contribution in [2.75, 3.05) is 24.5 Å². The summed E-state index contributed by atoms with van der Waals surface area (Å²) in [6.45, 7) is 7.49. The number of aromatic amines is 1. The van der Waals surface area contributed by atoms with Gasteiger partial charge in [-0.25, -0.2) is 4.98 Å². The number of hydrogen-bond donors (Lipinski definition) is 2. The minimum absolute atomic E-state index is 0.0794. The van der Waals surface area contributed by atoms with Crippen molar-refractivity contribution in [3.05, 3.63) is 22.7 Å². The Labute approximate surface area is 114 Å². The van der Waals surface area contributed by atoms with Gasteiger partial charge in [0, 0.05) is 25.2 Å². The standard InChI is InChI=1S/C14H24N4O/c1-3-6-15-11(2)12-5-4-7-18(9-12)13-8-14(19)17-10-16-13/h8,10-12,15H,3-7,9H2,1-2H3,(H,16,17,19). The van der Waals surface area contributed by atoms with Gasteiger partial charge in [-0.15, -0.1) is 0 Å². The second kappa shape index (κ2) is 6.70. The largest absolute Gasteiger partial charge is 0.356 e. The molecule has 0 amide bonds. The molecule has 0 saturated carbocycles. The second-order valence-corrected chi connectivity index (χ2v) is 5.36. The van der Waals surface area contributed by atoms with Crippen LogP contribution in [0.15, 0.2) is 17.2 Å². The molecule has 2 N–H and O–H groups in total. The van der Waals surface area contributed by atoms with Gasteiger partial charge in [0.15, 0.2) is 0 Å². The molecule has 2 unspecified atom stereocenters. The van der Waals surface area contributed by atoms with E-state index in [1.54, 1.807) is 6.07 Å². The lowest BCUT2D eigenvalue weighted by Gasteiger charge is -2.36. The van der Waals surface area contributed by atoms with Gasteiger partial charge in [0.1, 0.15) is 5.82 Å². The van der Waals surface area contributed by atoms with Crippen LogP contribution in [-0.2, 0) is 0 Å². The first kappa shape index (κ1) is 14.1. The highest BCUT2D eigenvalue weighted by atomic mass is 16.1. The monoisotopic (exact) mass is 264 g/mol. The normalized spacial score (nSPS) is 21.4. The van der Waals surface area contributed by atoms with Crippen LogP contribution in [0.25, 0.3) is 0 Å². The van der Waals surface area contributed by atoms with E-state index in [2.05, 4.69) is 34.0 Å². The molecule has 1 aliphatic heterocycles. The Morgan fingerprint density at radius 2 is 2.47 bits per heavy atom. The lowest BCUT2D eigenvalue weighted by atomic mass is 9.91. The molecule has 1 fully saturated rings. The number of H-pyrrole nitrogens is 1. The first-order chi connectivity index (χ1) is 9.20. The van der Waals surface area contributed by atoms with E-state index in [4.69, 9.17) is 0 Å². The summed E-state index contributed by atoms with van der Waals surface area (Å²) < 4.78 is 0. The number of nitrogens with zero attached hydrogens (tertiary/aromatic N) is 2. The van der Waals surface area contributed by atoms with Crippen molar-refractivity contribution in [3.63, 3.8) is 0 Å². The Bertz CT molecular complexity index is 445. The Morgan fingerprint density at radius 1 is 1.63 bits per heavy atom. The van der Waals surface area contributed by atoms with Crippen LogP contribution in [0, 0.1) is 5.92 Å². The number of piperidine rings is 1. The highest BCUT2D eigenvalue weighted by Gasteiger charge is 2.25. The van der Waals surface area contributed by atoms with Gasteiger partial charge in [-0.05, 0) is 38.6 Å². The van der Waals surface area contributed by atoms with E-state index in [-0.39, 0.29) is 5.56 Å². The van der Waals surface area contributed by atoms with Crippen molar-refractivity contribution < 1.29 is 0 Å². The van der Waals surface area contributed by atoms with Crippen LogP contribution < -0.4 is 15.8 Å². The fourth-order valence-corrected chi connectivity index (χ4v) is 2.70. The molecule has 19 heavy (non-hydrogen) atoms. The number of rotatable bonds is 5. The minimum Gasteiger partial charge on any atom is -0.356 e. The minimum atomic E-state index is -0.0794. The molecular formula is C14H24N4O. The molecular weight excluding hydrogens is 240 g/mol. The average Bonchev–Trinajstić information content (AvgIpc) is 2.45. The van der Waals surface area contributed by atoms with E-state index in [1.807, 2.05) is 0 Å². The van der Waals surface area contributed by atoms with Crippen molar-refractivity contribution in [2.45, 2.75) is 39.2 Å². The van der Waals surface area contributed by atoms with E-state index < -0.39 is 0 Å². The number of hydrogen-bond acceptors (Lipinski definition) is 4. The Kier molecular flexibility index (Phi) is 4.96. The molecule has 2 heterocycles. The molecule has 1 saturated heterocycles. The Morgan fingerprint density at radius 3 is 3.21 bits per heavy atom. The third-order valence-corrected chi connectivity index (χ3v) is 3.87. The third kappa shape index (κ3) is 3.80. The summed E-state index contributed by atoms with van der Waals surface area (Å²) in [5.74, 6) is 1.43. The van der Waals surface area contributed by atoms with Gasteiger partial charge in [-0.1, -0.05) is 6.92 Å². The SMILES string of the molecule is CCCNC(C)C1CCCN(c2cc(=O)[nH]cn2)C1. The number of anilines is 1. The molecule has 106 valence electrons. The van der Waals surface area contributed by atoms with Gasteiger partial charge in [-0.2, -0.15) is 0 Å². The zero-order chi connectivity index (χ0) is 13.7. The topological polar surface area (TPSA) is 61.0 Å². The zero-order valence-corrected chi connectivity index (χ0v) is 11.9. The highest BCUT2D eigenvalue weighted by Crippen LogP contribution is 2.22. The molecule has 5 heteroatoms. The predicted octanol–water partition coefficient (Wildman–Crippen LogP) is 1.37. The maximum atomic E-state index is 11.4. The summed E-state index contributed by atoms with van der Waals surface area (Å²) >= 11 is 0. The lowest BCUT2D eigenvalue weighted by molar-refractivity contribution is 0.320. The molecule has 1 aliphatic rings. The van der Waals surface area contributed by atoms with E-state index in [0.717, 1.165) is 38.3 Å². The molecule has 2 atom stereocenters. The van der Waals surface area contributed by atoms with Crippen molar-refractivity contribution in [1.29, 1.82) is 0 Å². The van der Waals surface area contributed by atoms with Gasteiger partial charge in [0.05, 0.1) is 6.33 Å². The summed E-state index contributed by atoms with van der Waals surface area (Å²) in [7, 11) is 0. The van der Waals surface area contributed by atoms with Crippen LogP contribution in [-0.4, -0.2) is 35.6 Å². The second-order valence-electron chi connectivity index (χ2n) is 5.36. The quantitative estimate of drug-likeness (QED) is 0.843. The highest BCUT2D eigenvalue weighted by molar-refractivity contribution is 5.37. The van der Waals surface area contributed by atoms with Crippen LogP contribution in [0.2, 0.25) is 0 Å². The van der Waals surface area contributed by atoms with Crippen molar-refractivity contribution in [3.8, 4) is 0 Å². The predicted molar refractivity (Wildman–Crippen MR) is 77.6 cm³/mol. The van der Waals surface area contributed by atoms with Crippen LogP contribution in [0.4, 0.5) is 5.82 Å². The molecule has 0 aromatic carbocycles. The van der Waals surface area contributed by atoms with E-state index >= 15 is 0 Å². The van der Waals surface area contributed by atoms with E-state index in [9.17, 15) is 4.79 Å². The van der Waals surface area contributed by atoms with Gasteiger partial charge in [-0.3, -0.25) is 4.79 Å². The summed E-state index contributed by atoms with van der Waals surface area (Å²) in [6.07, 6.45) is 5.06. The Hall–Kier alpha value is -1.36. The Balaban J connectivity index is 1.98. The van der Waals surface area contributed by atoms with Crippen LogP contribution in [0.3, 0.4) is 0 Å². The zero-order valence-electron chi connectivity index (χ0n) is 11.9. The number of aromatic nitrogens is 2. The fourth-order valence-electron chi connectivity index (χ4n) is 2.70. The fraction of sp³-hybridized carbons (Fsp3) is 0.714. The summed E-state index contributed by atoms with van der Waals surface area (Å²) in [5.41, 5.74) is -0.0794. The van der Waals surface area contributed by atoms with Gasteiger partial charge < -0.3 is 15.2 Å². The molecule has 1 aromatic rings. The molecule has 0 bridgehead atoms. The van der Waals surface area contributed by atoms with E-state index in [1.165, 1.54) is 12.7 Å². The van der Waals surface area contributed by atoms with Crippen LogP contribution >= 0.6 is 0 Å². The molecule has 1 aromatic heterocycles. The van der Waals surface area contributed by atoms with Crippen LogP contribution in [0.1, 0.15) is 33.1 Å².